The maximum atomic E-state index is 14.1. The molecule has 0 radical (unpaired) electrons. The minimum absolute atomic E-state index is 0.0122. The summed E-state index contributed by atoms with van der Waals surface area (Å²) in [6.07, 6.45) is 9.21. The van der Waals surface area contributed by atoms with Crippen LogP contribution < -0.4 is 16.0 Å². The Morgan fingerprint density at radius 3 is 2.49 bits per heavy atom. The summed E-state index contributed by atoms with van der Waals surface area (Å²) >= 11 is 0. The molecule has 4 fully saturated rings. The molecule has 6 aliphatic rings. The number of ketones is 2. The predicted octanol–water partition coefficient (Wildman–Crippen LogP) is 6.61. The summed E-state index contributed by atoms with van der Waals surface area (Å²) in [6, 6.07) is 23.7. The number of ether oxygens (including phenoxy) is 4. The van der Waals surface area contributed by atoms with Crippen LogP contribution >= 0.6 is 0 Å². The Hall–Kier alpha value is -6.98. The number of esters is 1. The molecule has 1 aliphatic heterocycles. The third kappa shape index (κ3) is 9.11. The molecule has 0 bridgehead atoms. The van der Waals surface area contributed by atoms with Crippen LogP contribution in [0.2, 0.25) is 0 Å². The number of hydrogen-bond acceptors (Lipinski definition) is 12. The molecule has 4 aromatic rings. The van der Waals surface area contributed by atoms with Gasteiger partial charge >= 0.3 is 12.1 Å². The van der Waals surface area contributed by atoms with Gasteiger partial charge in [-0.2, -0.15) is 0 Å². The highest BCUT2D eigenvalue weighted by molar-refractivity contribution is 6.01. The average Bonchev–Trinajstić information content (AvgIpc) is 4.16. The number of hydrogen-bond donors (Lipinski definition) is 5. The average molecular weight is 1010 g/mol. The van der Waals surface area contributed by atoms with Crippen molar-refractivity contribution in [3.05, 3.63) is 150 Å². The molecule has 10 rings (SSSR count). The van der Waals surface area contributed by atoms with Crippen molar-refractivity contribution in [2.45, 2.75) is 95.0 Å². The van der Waals surface area contributed by atoms with Crippen molar-refractivity contribution in [3.8, 4) is 11.1 Å². The molecule has 16 heteroatoms. The van der Waals surface area contributed by atoms with E-state index in [1.807, 2.05) is 90.6 Å². The zero-order valence-corrected chi connectivity index (χ0v) is 41.5. The number of carbonyl (C=O) groups is 6. The summed E-state index contributed by atoms with van der Waals surface area (Å²) in [5.74, 6) is -2.69. The summed E-state index contributed by atoms with van der Waals surface area (Å²) in [5, 5.41) is 30.5. The molecular formula is C58H62N4O12. The van der Waals surface area contributed by atoms with Crippen LogP contribution in [0.3, 0.4) is 0 Å². The van der Waals surface area contributed by atoms with Gasteiger partial charge in [-0.25, -0.2) is 4.79 Å². The highest BCUT2D eigenvalue weighted by Crippen LogP contribution is 2.70. The number of aliphatic hydroxyl groups is 2. The van der Waals surface area contributed by atoms with E-state index in [4.69, 9.17) is 18.9 Å². The standard InChI is InChI=1S/C58H62N4O12/c1-4-24-71-51(68)19-18-46(61-50(67)29-59-55(70)72-33-44-41-14-7-5-12-39(41)40-13-6-8-15-42(40)44)53(69)60-37-11-9-10-34(25-37)30-62-23-21-35(31-62)54-73-49-27-45-43-17-16-36-26-38(64)20-22-56(36,2)52(43)47(65)28-57(45,3)58(49,74-54)48(66)32-63/h4-15,20-23,25-26,31,43-47,49,52,54,63,65H,1,16-19,24,27-30,32-33H2,2-3H3,(H,59,70)(H,60,69)(H,61,67)/t43-,45-,46-,47-,49+,52+,54+,56-,57-,58+/m0/s1. The number of benzene rings is 3. The fourth-order valence-electron chi connectivity index (χ4n) is 13.5. The van der Waals surface area contributed by atoms with Crippen molar-refractivity contribution in [3.63, 3.8) is 0 Å². The van der Waals surface area contributed by atoms with Crippen LogP contribution in [0.1, 0.15) is 86.8 Å². The van der Waals surface area contributed by atoms with Crippen molar-refractivity contribution < 1.29 is 57.9 Å². The lowest BCUT2D eigenvalue weighted by atomic mass is 9.46. The Morgan fingerprint density at radius 2 is 1.74 bits per heavy atom. The van der Waals surface area contributed by atoms with Gasteiger partial charge in [0.25, 0.3) is 0 Å². The first-order valence-electron chi connectivity index (χ1n) is 25.5. The monoisotopic (exact) mass is 1010 g/mol. The molecule has 3 saturated carbocycles. The molecular weight excluding hydrogens is 945 g/mol. The van der Waals surface area contributed by atoms with Crippen molar-refractivity contribution >= 4 is 41.1 Å². The van der Waals surface area contributed by atoms with E-state index in [1.165, 1.54) is 6.08 Å². The van der Waals surface area contributed by atoms with Crippen molar-refractivity contribution in [1.29, 1.82) is 0 Å². The molecule has 5 N–H and O–H groups in total. The molecule has 3 aromatic carbocycles. The Bertz CT molecular complexity index is 2920. The first-order chi connectivity index (χ1) is 35.6. The number of Topliss-reactive ketones (excluding diaryl/α,β-unsaturated/α-hetero) is 1. The smallest absolute Gasteiger partial charge is 0.407 e. The number of aromatic nitrogens is 1. The quantitative estimate of drug-likeness (QED) is 0.0558. The zero-order valence-electron chi connectivity index (χ0n) is 41.5. The second-order valence-corrected chi connectivity index (χ2v) is 21.0. The van der Waals surface area contributed by atoms with Gasteiger partial charge < -0.3 is 49.7 Å². The van der Waals surface area contributed by atoms with Crippen LogP contribution in [0.5, 0.6) is 0 Å². The molecule has 5 aliphatic carbocycles. The third-order valence-corrected chi connectivity index (χ3v) is 16.8. The van der Waals surface area contributed by atoms with Gasteiger partial charge in [0.1, 0.15) is 32.4 Å². The molecule has 1 aromatic heterocycles. The third-order valence-electron chi connectivity index (χ3n) is 16.8. The maximum Gasteiger partial charge on any atom is 0.407 e. The lowest BCUT2D eigenvalue weighted by Gasteiger charge is -2.59. The number of amides is 3. The van der Waals surface area contributed by atoms with Gasteiger partial charge in [0.15, 0.2) is 23.5 Å². The number of allylic oxidation sites excluding steroid dienone is 4. The lowest BCUT2D eigenvalue weighted by molar-refractivity contribution is -0.201. The summed E-state index contributed by atoms with van der Waals surface area (Å²) in [7, 11) is 0. The van der Waals surface area contributed by atoms with E-state index in [2.05, 4.69) is 29.5 Å². The summed E-state index contributed by atoms with van der Waals surface area (Å²) in [6.45, 7) is 6.83. The fourth-order valence-corrected chi connectivity index (χ4v) is 13.5. The molecule has 2 heterocycles. The Kier molecular flexibility index (Phi) is 13.9. The van der Waals surface area contributed by atoms with Crippen LogP contribution in [0.4, 0.5) is 10.5 Å². The van der Waals surface area contributed by atoms with Crippen molar-refractivity contribution in [2.75, 3.05) is 31.7 Å². The van der Waals surface area contributed by atoms with E-state index in [0.717, 1.165) is 39.8 Å². The summed E-state index contributed by atoms with van der Waals surface area (Å²) in [5.41, 5.74) is 4.36. The number of alkyl carbamates (subject to hydrolysis) is 1. The summed E-state index contributed by atoms with van der Waals surface area (Å²) in [4.78, 5) is 78.8. The van der Waals surface area contributed by atoms with Gasteiger partial charge in [-0.3, -0.25) is 24.0 Å². The van der Waals surface area contributed by atoms with Gasteiger partial charge in [0.05, 0.1) is 12.2 Å². The Labute approximate surface area is 429 Å². The Morgan fingerprint density at radius 1 is 0.986 bits per heavy atom. The van der Waals surface area contributed by atoms with Gasteiger partial charge in [-0.1, -0.05) is 98.8 Å². The topological polar surface area (TPSA) is 221 Å². The highest BCUT2D eigenvalue weighted by Gasteiger charge is 2.76. The predicted molar refractivity (Wildman–Crippen MR) is 271 cm³/mol. The number of fused-ring (bicyclic) bond motifs is 10. The maximum absolute atomic E-state index is 14.1. The summed E-state index contributed by atoms with van der Waals surface area (Å²) < 4.78 is 26.1. The number of rotatable bonds is 17. The Balaban J connectivity index is 0.768. The minimum atomic E-state index is -1.49. The number of anilines is 1. The minimum Gasteiger partial charge on any atom is -0.461 e. The van der Waals surface area contributed by atoms with Crippen LogP contribution in [0, 0.1) is 28.6 Å². The molecule has 16 nitrogen and oxygen atoms in total. The van der Waals surface area contributed by atoms with Crippen molar-refractivity contribution in [1.82, 2.24) is 15.2 Å². The number of carbonyl (C=O) groups excluding carboxylic acids is 6. The van der Waals surface area contributed by atoms with E-state index >= 15 is 0 Å². The molecule has 74 heavy (non-hydrogen) atoms. The van der Waals surface area contributed by atoms with E-state index in [-0.39, 0.29) is 61.9 Å². The van der Waals surface area contributed by atoms with Gasteiger partial charge in [-0.15, -0.1) is 0 Å². The second kappa shape index (κ2) is 20.4. The number of nitrogens with zero attached hydrogens (tertiary/aromatic N) is 1. The highest BCUT2D eigenvalue weighted by atomic mass is 16.7. The molecule has 10 atom stereocenters. The molecule has 386 valence electrons. The van der Waals surface area contributed by atoms with E-state index in [9.17, 15) is 39.0 Å². The van der Waals surface area contributed by atoms with Crippen LogP contribution in [0.15, 0.2) is 128 Å². The second-order valence-electron chi connectivity index (χ2n) is 21.0. The van der Waals surface area contributed by atoms with Gasteiger partial charge in [0.2, 0.25) is 11.8 Å². The first kappa shape index (κ1) is 50.5. The zero-order chi connectivity index (χ0) is 51.9. The number of aliphatic hydroxyl groups excluding tert-OH is 2. The van der Waals surface area contributed by atoms with Gasteiger partial charge in [0, 0.05) is 59.3 Å². The van der Waals surface area contributed by atoms with Crippen LogP contribution in [-0.2, 0) is 49.5 Å². The number of nitrogens with one attached hydrogen (secondary N) is 3. The van der Waals surface area contributed by atoms with Crippen LogP contribution in [0.25, 0.3) is 11.1 Å². The fraction of sp³-hybridized carbons (Fsp3) is 0.414. The first-order valence-corrected chi connectivity index (χ1v) is 25.5. The molecule has 0 spiro atoms. The largest absolute Gasteiger partial charge is 0.461 e. The van der Waals surface area contributed by atoms with Crippen molar-refractivity contribution in [2.24, 2.45) is 28.6 Å². The molecule has 0 unspecified atom stereocenters. The van der Waals surface area contributed by atoms with E-state index < -0.39 is 83.8 Å². The normalized spacial score (nSPS) is 28.5. The van der Waals surface area contributed by atoms with Crippen LogP contribution in [-0.4, -0.2) is 100 Å². The molecule has 1 saturated heterocycles. The van der Waals surface area contributed by atoms with E-state index in [1.54, 1.807) is 30.4 Å². The van der Waals surface area contributed by atoms with E-state index in [0.29, 0.717) is 30.6 Å². The molecule has 3 amide bonds. The SMILES string of the molecule is C=CCOC(=O)CC[C@H](NC(=O)CNC(=O)OCC1c2ccccc2-c2ccccc21)C(=O)Nc1cccc(Cn2ccc([C@@H]3O[C@@H]4C[C@H]5[C@@H]6CCC7=CC(=O)C=C[C@]7(C)[C@H]6[C@@H](O)C[C@]5(C)[C@]4(C(=O)CO)O3)c2)c1. The van der Waals surface area contributed by atoms with Gasteiger partial charge in [-0.05, 0) is 102 Å². The lowest BCUT2D eigenvalue weighted by Crippen LogP contribution is -2.63.